The summed E-state index contributed by atoms with van der Waals surface area (Å²) in [5.41, 5.74) is 1.52. The highest BCUT2D eigenvalue weighted by molar-refractivity contribution is 9.10. The maximum atomic E-state index is 12.6. The maximum Gasteiger partial charge on any atom is 0.338 e. The number of fused-ring (bicyclic) bond motifs is 1. The molecule has 0 saturated heterocycles. The summed E-state index contributed by atoms with van der Waals surface area (Å²) < 4.78 is 16.8. The first-order valence-electron chi connectivity index (χ1n) is 7.91. The van der Waals surface area contributed by atoms with Crippen LogP contribution < -0.4 is 20.1 Å². The molecule has 2 amide bonds. The van der Waals surface area contributed by atoms with Crippen molar-refractivity contribution in [2.75, 3.05) is 13.4 Å². The fourth-order valence-electron chi connectivity index (χ4n) is 2.67. The van der Waals surface area contributed by atoms with E-state index in [4.69, 9.17) is 14.2 Å². The number of allylic oxidation sites excluding steroid dienone is 1. The number of carbonyl (C=O) groups excluding carboxylic acids is 2. The van der Waals surface area contributed by atoms with Gasteiger partial charge in [-0.15, -0.1) is 0 Å². The molecule has 2 heterocycles. The fraction of sp³-hybridized carbons (Fsp3) is 0.412. The van der Waals surface area contributed by atoms with Crippen LogP contribution in [0.5, 0.6) is 11.5 Å². The Balaban J connectivity index is 1.99. The molecular weight excluding hydrogens is 392 g/mol. The molecule has 1 atom stereocenters. The van der Waals surface area contributed by atoms with Crippen molar-refractivity contribution < 1.29 is 23.8 Å². The minimum Gasteiger partial charge on any atom is -0.462 e. The third-order valence-corrected chi connectivity index (χ3v) is 4.53. The van der Waals surface area contributed by atoms with Crippen molar-refractivity contribution in [1.82, 2.24) is 10.6 Å². The van der Waals surface area contributed by atoms with Crippen LogP contribution in [0.25, 0.3) is 0 Å². The minimum absolute atomic E-state index is 0.141. The van der Waals surface area contributed by atoms with Crippen LogP contribution in [-0.4, -0.2) is 25.4 Å². The minimum atomic E-state index is -0.655. The van der Waals surface area contributed by atoms with Gasteiger partial charge in [-0.1, -0.05) is 29.8 Å². The van der Waals surface area contributed by atoms with E-state index >= 15 is 0 Å². The Bertz CT molecular complexity index is 760. The van der Waals surface area contributed by atoms with E-state index in [1.54, 1.807) is 19.1 Å². The van der Waals surface area contributed by atoms with Crippen molar-refractivity contribution in [3.63, 3.8) is 0 Å². The lowest BCUT2D eigenvalue weighted by atomic mass is 9.95. The van der Waals surface area contributed by atoms with Crippen molar-refractivity contribution >= 4 is 27.9 Å². The Morgan fingerprint density at radius 2 is 2.04 bits per heavy atom. The van der Waals surface area contributed by atoms with E-state index < -0.39 is 12.0 Å². The van der Waals surface area contributed by atoms with Gasteiger partial charge in [0.2, 0.25) is 6.79 Å². The summed E-state index contributed by atoms with van der Waals surface area (Å²) in [5.74, 6) is 0.930. The first-order valence-corrected chi connectivity index (χ1v) is 8.70. The standard InChI is InChI=1S/C17H19BrN2O5/c1-8(2)6-23-16(21)14-9(3)19-17(22)20-15(14)10-4-12-13(5-11(10)18)25-7-24-12/h4-5,8,15H,6-7H2,1-3H3,(H2,19,20,22)/t15-/m1/s1. The molecule has 0 saturated carbocycles. The predicted molar refractivity (Wildman–Crippen MR) is 93.2 cm³/mol. The first-order chi connectivity index (χ1) is 11.9. The zero-order chi connectivity index (χ0) is 18.1. The number of nitrogens with one attached hydrogen (secondary N) is 2. The van der Waals surface area contributed by atoms with Crippen LogP contribution in [0.15, 0.2) is 27.9 Å². The molecule has 0 spiro atoms. The van der Waals surface area contributed by atoms with E-state index in [9.17, 15) is 9.59 Å². The van der Waals surface area contributed by atoms with Crippen LogP contribution in [0.2, 0.25) is 0 Å². The quantitative estimate of drug-likeness (QED) is 0.745. The monoisotopic (exact) mass is 410 g/mol. The second kappa shape index (κ2) is 6.95. The summed E-state index contributed by atoms with van der Waals surface area (Å²) in [6, 6.07) is 2.48. The van der Waals surface area contributed by atoms with Crippen LogP contribution in [0.1, 0.15) is 32.4 Å². The zero-order valence-corrected chi connectivity index (χ0v) is 15.7. The second-order valence-electron chi connectivity index (χ2n) is 6.29. The van der Waals surface area contributed by atoms with Gasteiger partial charge in [0, 0.05) is 10.2 Å². The number of ether oxygens (including phenoxy) is 3. The topological polar surface area (TPSA) is 85.9 Å². The van der Waals surface area contributed by atoms with Crippen molar-refractivity contribution in [3.8, 4) is 11.5 Å². The molecule has 7 nitrogen and oxygen atoms in total. The average molecular weight is 411 g/mol. The molecule has 0 bridgehead atoms. The lowest BCUT2D eigenvalue weighted by molar-refractivity contribution is -0.140. The maximum absolute atomic E-state index is 12.6. The number of hydrogen-bond donors (Lipinski definition) is 2. The zero-order valence-electron chi connectivity index (χ0n) is 14.1. The third-order valence-electron chi connectivity index (χ3n) is 3.84. The molecule has 25 heavy (non-hydrogen) atoms. The second-order valence-corrected chi connectivity index (χ2v) is 7.14. The van der Waals surface area contributed by atoms with Gasteiger partial charge in [-0.05, 0) is 30.5 Å². The Labute approximate surface area is 153 Å². The molecule has 0 unspecified atom stereocenters. The summed E-state index contributed by atoms with van der Waals surface area (Å²) in [4.78, 5) is 24.6. The molecule has 0 aromatic heterocycles. The van der Waals surface area contributed by atoms with E-state index in [2.05, 4.69) is 26.6 Å². The van der Waals surface area contributed by atoms with Crippen LogP contribution in [0.3, 0.4) is 0 Å². The van der Waals surface area contributed by atoms with Crippen LogP contribution in [0.4, 0.5) is 4.79 Å². The summed E-state index contributed by atoms with van der Waals surface area (Å²) >= 11 is 3.48. The highest BCUT2D eigenvalue weighted by Crippen LogP contribution is 2.41. The molecule has 1 aromatic carbocycles. The molecule has 0 fully saturated rings. The molecule has 8 heteroatoms. The van der Waals surface area contributed by atoms with E-state index in [0.29, 0.717) is 39.4 Å². The van der Waals surface area contributed by atoms with Gasteiger partial charge in [-0.3, -0.25) is 0 Å². The summed E-state index contributed by atoms with van der Waals surface area (Å²) in [5, 5.41) is 5.41. The largest absolute Gasteiger partial charge is 0.462 e. The normalized spacial score (nSPS) is 18.9. The number of urea groups is 1. The molecule has 1 aromatic rings. The Morgan fingerprint density at radius 3 is 2.72 bits per heavy atom. The van der Waals surface area contributed by atoms with Gasteiger partial charge < -0.3 is 24.8 Å². The number of benzene rings is 1. The van der Waals surface area contributed by atoms with Gasteiger partial charge >= 0.3 is 12.0 Å². The highest BCUT2D eigenvalue weighted by atomic mass is 79.9. The molecule has 134 valence electrons. The number of esters is 1. The lowest BCUT2D eigenvalue weighted by Gasteiger charge is -2.29. The Hall–Kier alpha value is -2.22. The smallest absolute Gasteiger partial charge is 0.338 e. The van der Waals surface area contributed by atoms with Crippen molar-refractivity contribution in [3.05, 3.63) is 33.4 Å². The third kappa shape index (κ3) is 3.58. The molecule has 2 aliphatic rings. The molecule has 3 rings (SSSR count). The Kier molecular flexibility index (Phi) is 4.89. The van der Waals surface area contributed by atoms with Crippen molar-refractivity contribution in [2.45, 2.75) is 26.8 Å². The first kappa shape index (κ1) is 17.6. The Morgan fingerprint density at radius 1 is 1.36 bits per heavy atom. The van der Waals surface area contributed by atoms with Crippen LogP contribution >= 0.6 is 15.9 Å². The summed E-state index contributed by atoms with van der Waals surface area (Å²) in [7, 11) is 0. The van der Waals surface area contributed by atoms with Crippen molar-refractivity contribution in [1.29, 1.82) is 0 Å². The highest BCUT2D eigenvalue weighted by Gasteiger charge is 2.34. The van der Waals surface area contributed by atoms with Gasteiger partial charge in [0.1, 0.15) is 0 Å². The van der Waals surface area contributed by atoms with Gasteiger partial charge in [0.05, 0.1) is 18.2 Å². The lowest BCUT2D eigenvalue weighted by Crippen LogP contribution is -2.45. The van der Waals surface area contributed by atoms with E-state index in [0.717, 1.165) is 0 Å². The average Bonchev–Trinajstić information content (AvgIpc) is 2.98. The predicted octanol–water partition coefficient (Wildman–Crippen LogP) is 3.00. The van der Waals surface area contributed by atoms with E-state index in [-0.39, 0.29) is 18.7 Å². The number of hydrogen-bond acceptors (Lipinski definition) is 5. The van der Waals surface area contributed by atoms with E-state index in [1.807, 2.05) is 13.8 Å². The number of carbonyl (C=O) groups is 2. The van der Waals surface area contributed by atoms with Crippen LogP contribution in [-0.2, 0) is 9.53 Å². The molecular formula is C17H19BrN2O5. The molecule has 2 N–H and O–H groups in total. The SMILES string of the molecule is CC1=C(C(=O)OCC(C)C)[C@@H](c2cc3c(cc2Br)OCO3)NC(=O)N1. The van der Waals surface area contributed by atoms with Gasteiger partial charge in [0.25, 0.3) is 0 Å². The molecule has 0 radical (unpaired) electrons. The molecule has 2 aliphatic heterocycles. The van der Waals surface area contributed by atoms with Gasteiger partial charge in [-0.2, -0.15) is 0 Å². The van der Waals surface area contributed by atoms with Gasteiger partial charge in [0.15, 0.2) is 11.5 Å². The fourth-order valence-corrected chi connectivity index (χ4v) is 3.22. The van der Waals surface area contributed by atoms with Crippen molar-refractivity contribution in [2.24, 2.45) is 5.92 Å². The number of amides is 2. The summed E-state index contributed by atoms with van der Waals surface area (Å²) in [6.45, 7) is 6.04. The molecule has 0 aliphatic carbocycles. The van der Waals surface area contributed by atoms with E-state index in [1.165, 1.54) is 0 Å². The van der Waals surface area contributed by atoms with Crippen LogP contribution in [0, 0.1) is 5.92 Å². The van der Waals surface area contributed by atoms with Gasteiger partial charge in [-0.25, -0.2) is 9.59 Å². The number of halogens is 1. The number of rotatable bonds is 4. The summed E-state index contributed by atoms with van der Waals surface area (Å²) in [6.07, 6.45) is 0.